The first-order chi connectivity index (χ1) is 15.1. The van der Waals surface area contributed by atoms with E-state index in [4.69, 9.17) is 10.5 Å². The maximum absolute atomic E-state index is 12.7. The number of benzene rings is 1. The lowest BCUT2D eigenvalue weighted by Gasteiger charge is -2.24. The van der Waals surface area contributed by atoms with Crippen molar-refractivity contribution in [3.8, 4) is 0 Å². The smallest absolute Gasteiger partial charge is 0.410 e. The van der Waals surface area contributed by atoms with Gasteiger partial charge in [-0.05, 0) is 24.1 Å². The van der Waals surface area contributed by atoms with Gasteiger partial charge in [0.1, 0.15) is 6.61 Å². The largest absolute Gasteiger partial charge is 0.445 e. The molecule has 1 saturated heterocycles. The molecule has 174 valence electrons. The average Bonchev–Trinajstić information content (AvgIpc) is 3.13. The number of imide groups is 1. The summed E-state index contributed by atoms with van der Waals surface area (Å²) in [6.45, 7) is 1.73. The Labute approximate surface area is 193 Å². The van der Waals surface area contributed by atoms with Gasteiger partial charge >= 0.3 is 12.1 Å². The van der Waals surface area contributed by atoms with Crippen LogP contribution in [0.25, 0.3) is 0 Å². The molecule has 4 amide bonds. The molecule has 2 N–H and O–H groups in total. The van der Waals surface area contributed by atoms with Gasteiger partial charge in [-0.3, -0.25) is 24.6 Å². The van der Waals surface area contributed by atoms with Crippen molar-refractivity contribution in [2.75, 3.05) is 25.1 Å². The van der Waals surface area contributed by atoms with E-state index in [-0.39, 0.29) is 34.5 Å². The molecule has 0 aromatic heterocycles. The van der Waals surface area contributed by atoms with Crippen molar-refractivity contribution in [3.05, 3.63) is 39.9 Å². The van der Waals surface area contributed by atoms with Crippen LogP contribution in [-0.4, -0.2) is 74.3 Å². The number of likely N-dealkylation sites (tertiary alicyclic amines) is 1. The van der Waals surface area contributed by atoms with Crippen LogP contribution in [0.1, 0.15) is 18.9 Å². The standard InChI is InChI=1S/C19H24N4O7S2/c1-12(24)32-16-7-15(10-31-11-17(25)21(2)18(20)26)22(8-16)19(27)30-9-13-3-5-14(6-4-13)23(28)29/h3-6,15-16H,7-11H2,1-2H3,(H2,20,26). The third-order valence-corrected chi connectivity index (χ3v) is 6.77. The maximum Gasteiger partial charge on any atom is 0.410 e. The van der Waals surface area contributed by atoms with Gasteiger partial charge in [0.15, 0.2) is 5.12 Å². The average molecular weight is 485 g/mol. The van der Waals surface area contributed by atoms with E-state index < -0.39 is 23.0 Å². The molecule has 0 aliphatic carbocycles. The van der Waals surface area contributed by atoms with E-state index in [0.717, 1.165) is 16.7 Å². The monoisotopic (exact) mass is 484 g/mol. The molecular weight excluding hydrogens is 460 g/mol. The molecule has 1 aromatic rings. The molecule has 2 unspecified atom stereocenters. The zero-order valence-corrected chi connectivity index (χ0v) is 19.2. The summed E-state index contributed by atoms with van der Waals surface area (Å²) in [6, 6.07) is 4.59. The van der Waals surface area contributed by atoms with Crippen LogP contribution >= 0.6 is 23.5 Å². The number of ether oxygens (including phenoxy) is 1. The zero-order chi connectivity index (χ0) is 23.8. The van der Waals surface area contributed by atoms with E-state index in [1.165, 1.54) is 54.9 Å². The van der Waals surface area contributed by atoms with E-state index in [9.17, 15) is 29.3 Å². The van der Waals surface area contributed by atoms with Crippen molar-refractivity contribution in [3.63, 3.8) is 0 Å². The van der Waals surface area contributed by atoms with Crippen LogP contribution in [0.15, 0.2) is 24.3 Å². The molecule has 0 radical (unpaired) electrons. The number of carbonyl (C=O) groups is 4. The van der Waals surface area contributed by atoms with Crippen LogP contribution in [0.4, 0.5) is 15.3 Å². The van der Waals surface area contributed by atoms with Gasteiger partial charge < -0.3 is 15.4 Å². The van der Waals surface area contributed by atoms with Crippen molar-refractivity contribution in [1.29, 1.82) is 0 Å². The predicted molar refractivity (Wildman–Crippen MR) is 120 cm³/mol. The Morgan fingerprint density at radius 1 is 1.28 bits per heavy atom. The van der Waals surface area contributed by atoms with Gasteiger partial charge in [-0.25, -0.2) is 9.59 Å². The Morgan fingerprint density at radius 2 is 1.94 bits per heavy atom. The normalized spacial score (nSPS) is 17.6. The van der Waals surface area contributed by atoms with Crippen LogP contribution in [-0.2, 0) is 20.9 Å². The summed E-state index contributed by atoms with van der Waals surface area (Å²) in [6.07, 6.45) is -0.00909. The Hall–Kier alpha value is -2.80. The highest BCUT2D eigenvalue weighted by molar-refractivity contribution is 8.14. The number of primary amides is 1. The summed E-state index contributed by atoms with van der Waals surface area (Å²) in [7, 11) is 1.29. The molecule has 11 nitrogen and oxygen atoms in total. The molecule has 1 aliphatic heterocycles. The second-order valence-corrected chi connectivity index (χ2v) is 9.57. The van der Waals surface area contributed by atoms with Crippen LogP contribution in [0.3, 0.4) is 0 Å². The Bertz CT molecular complexity index is 881. The first-order valence-corrected chi connectivity index (χ1v) is 11.6. The highest BCUT2D eigenvalue weighted by atomic mass is 32.2. The molecule has 1 aliphatic rings. The minimum Gasteiger partial charge on any atom is -0.445 e. The van der Waals surface area contributed by atoms with E-state index in [1.807, 2.05) is 0 Å². The Kier molecular flexibility index (Phi) is 9.32. The minimum absolute atomic E-state index is 0.0200. The number of thioether (sulfide) groups is 2. The van der Waals surface area contributed by atoms with E-state index in [1.54, 1.807) is 0 Å². The SMILES string of the molecule is CC(=O)SC1CC(CSCC(=O)N(C)C(N)=O)N(C(=O)OCc2ccc([N+](=O)[O-])cc2)C1. The Morgan fingerprint density at radius 3 is 2.50 bits per heavy atom. The first-order valence-electron chi connectivity index (χ1n) is 9.56. The number of hydrogen-bond donors (Lipinski definition) is 1. The van der Waals surface area contributed by atoms with Gasteiger partial charge in [-0.1, -0.05) is 11.8 Å². The lowest BCUT2D eigenvalue weighted by Crippen LogP contribution is -2.39. The van der Waals surface area contributed by atoms with Gasteiger partial charge in [0.25, 0.3) is 5.69 Å². The summed E-state index contributed by atoms with van der Waals surface area (Å²) in [5.74, 6) is -0.00558. The molecule has 32 heavy (non-hydrogen) atoms. The summed E-state index contributed by atoms with van der Waals surface area (Å²) < 4.78 is 5.37. The summed E-state index contributed by atoms with van der Waals surface area (Å²) in [4.78, 5) is 59.7. The van der Waals surface area contributed by atoms with Crippen LogP contribution in [0, 0.1) is 10.1 Å². The number of urea groups is 1. The van der Waals surface area contributed by atoms with E-state index in [2.05, 4.69) is 0 Å². The molecule has 1 fully saturated rings. The molecule has 2 rings (SSSR count). The number of nitro groups is 1. The molecule has 1 heterocycles. The van der Waals surface area contributed by atoms with E-state index in [0.29, 0.717) is 24.3 Å². The number of rotatable bonds is 8. The highest BCUT2D eigenvalue weighted by Crippen LogP contribution is 2.30. The highest BCUT2D eigenvalue weighted by Gasteiger charge is 2.37. The molecule has 13 heteroatoms. The predicted octanol–water partition coefficient (Wildman–Crippen LogP) is 2.22. The van der Waals surface area contributed by atoms with Gasteiger partial charge in [-0.2, -0.15) is 0 Å². The number of amides is 4. The second kappa shape index (κ2) is 11.7. The lowest BCUT2D eigenvalue weighted by atomic mass is 10.2. The number of nitrogens with two attached hydrogens (primary N) is 1. The van der Waals surface area contributed by atoms with Crippen LogP contribution in [0.5, 0.6) is 0 Å². The minimum atomic E-state index is -0.842. The van der Waals surface area contributed by atoms with Crippen molar-refractivity contribution >= 4 is 52.4 Å². The van der Waals surface area contributed by atoms with Gasteiger partial charge in [0.2, 0.25) is 5.91 Å². The topological polar surface area (TPSA) is 153 Å². The number of nitrogens with zero attached hydrogens (tertiary/aromatic N) is 3. The lowest BCUT2D eigenvalue weighted by molar-refractivity contribution is -0.384. The van der Waals surface area contributed by atoms with Gasteiger partial charge in [0, 0.05) is 49.7 Å². The third kappa shape index (κ3) is 7.41. The quantitative estimate of drug-likeness (QED) is 0.432. The first kappa shape index (κ1) is 25.5. The number of non-ortho nitro benzene ring substituents is 1. The van der Waals surface area contributed by atoms with Crippen molar-refractivity contribution in [2.45, 2.75) is 31.2 Å². The van der Waals surface area contributed by atoms with E-state index >= 15 is 0 Å². The summed E-state index contributed by atoms with van der Waals surface area (Å²) >= 11 is 2.42. The van der Waals surface area contributed by atoms with Gasteiger partial charge in [-0.15, -0.1) is 11.8 Å². The maximum atomic E-state index is 12.7. The number of carbonyl (C=O) groups excluding carboxylic acids is 4. The molecular formula is C19H24N4O7S2. The number of hydrogen-bond acceptors (Lipinski definition) is 9. The van der Waals surface area contributed by atoms with Gasteiger partial charge in [0.05, 0.1) is 10.7 Å². The van der Waals surface area contributed by atoms with Crippen LogP contribution in [0.2, 0.25) is 0 Å². The van der Waals surface area contributed by atoms with Crippen molar-refractivity contribution in [2.24, 2.45) is 5.73 Å². The molecule has 0 saturated carbocycles. The summed E-state index contributed by atoms with van der Waals surface area (Å²) in [5.41, 5.74) is 5.62. The second-order valence-electron chi connectivity index (χ2n) is 7.06. The van der Waals surface area contributed by atoms with Crippen LogP contribution < -0.4 is 5.73 Å². The van der Waals surface area contributed by atoms with Crippen molar-refractivity contribution in [1.82, 2.24) is 9.80 Å². The molecule has 2 atom stereocenters. The molecule has 0 bridgehead atoms. The molecule has 1 aromatic carbocycles. The Balaban J connectivity index is 1.95. The zero-order valence-electron chi connectivity index (χ0n) is 17.6. The fraction of sp³-hybridized carbons (Fsp3) is 0.474. The third-order valence-electron chi connectivity index (χ3n) is 4.69. The fourth-order valence-electron chi connectivity index (χ4n) is 3.02. The van der Waals surface area contributed by atoms with Crippen molar-refractivity contribution < 1.29 is 28.8 Å². The summed E-state index contributed by atoms with van der Waals surface area (Å²) in [5, 5.41) is 10.6. The fourth-order valence-corrected chi connectivity index (χ4v) is 5.12. The number of nitro benzene ring substituents is 1. The molecule has 0 spiro atoms.